The van der Waals surface area contributed by atoms with Crippen LogP contribution in [0.5, 0.6) is 0 Å². The number of quaternary nitrogens is 1. The van der Waals surface area contributed by atoms with E-state index in [1.54, 1.807) is 11.3 Å². The van der Waals surface area contributed by atoms with E-state index in [4.69, 9.17) is 0 Å². The predicted molar refractivity (Wildman–Crippen MR) is 94.4 cm³/mol. The fourth-order valence-corrected chi connectivity index (χ4v) is 3.41. The number of rotatable bonds is 6. The summed E-state index contributed by atoms with van der Waals surface area (Å²) in [7, 11) is 0. The summed E-state index contributed by atoms with van der Waals surface area (Å²) in [5, 5.41) is 6.37. The Labute approximate surface area is 148 Å². The summed E-state index contributed by atoms with van der Waals surface area (Å²) < 4.78 is 26.6. The van der Waals surface area contributed by atoms with Gasteiger partial charge in [0.1, 0.15) is 17.7 Å². The Balaban J connectivity index is 1.68. The highest BCUT2D eigenvalue weighted by molar-refractivity contribution is 7.10. The Kier molecular flexibility index (Phi) is 5.53. The molecule has 25 heavy (non-hydrogen) atoms. The van der Waals surface area contributed by atoms with Crippen molar-refractivity contribution in [3.05, 3.63) is 88.1 Å². The molecule has 0 aliphatic carbocycles. The van der Waals surface area contributed by atoms with Crippen molar-refractivity contribution in [3.63, 3.8) is 0 Å². The van der Waals surface area contributed by atoms with Crippen LogP contribution in [0.4, 0.5) is 14.5 Å². The lowest BCUT2D eigenvalue weighted by Crippen LogP contribution is -2.87. The van der Waals surface area contributed by atoms with E-state index < -0.39 is 11.6 Å². The Bertz CT molecular complexity index is 838. The van der Waals surface area contributed by atoms with E-state index in [-0.39, 0.29) is 24.2 Å². The van der Waals surface area contributed by atoms with Crippen LogP contribution in [0.25, 0.3) is 0 Å². The average molecular weight is 359 g/mol. The number of anilines is 1. The van der Waals surface area contributed by atoms with Gasteiger partial charge < -0.3 is 10.6 Å². The lowest BCUT2D eigenvalue weighted by atomic mass is 10.1. The van der Waals surface area contributed by atoms with Crippen LogP contribution < -0.4 is 10.6 Å². The van der Waals surface area contributed by atoms with Gasteiger partial charge in [0.25, 0.3) is 5.91 Å². The number of nitrogens with two attached hydrogens (primary N) is 1. The van der Waals surface area contributed by atoms with Crippen LogP contribution in [0.15, 0.2) is 66.0 Å². The van der Waals surface area contributed by atoms with E-state index >= 15 is 0 Å². The van der Waals surface area contributed by atoms with E-state index in [9.17, 15) is 13.6 Å². The number of hydrogen-bond acceptors (Lipinski definition) is 2. The summed E-state index contributed by atoms with van der Waals surface area (Å²) in [5.74, 6) is -1.81. The molecular formula is C19H17F2N2OS+. The van der Waals surface area contributed by atoms with Crippen LogP contribution >= 0.6 is 11.3 Å². The van der Waals surface area contributed by atoms with Crippen LogP contribution in [-0.2, 0) is 4.79 Å². The molecule has 3 N–H and O–H groups in total. The Hall–Kier alpha value is -2.57. The zero-order valence-electron chi connectivity index (χ0n) is 13.3. The molecule has 0 unspecified atom stereocenters. The molecule has 0 bridgehead atoms. The molecule has 1 heterocycles. The van der Waals surface area contributed by atoms with Gasteiger partial charge in [0.15, 0.2) is 6.54 Å². The second-order valence-corrected chi connectivity index (χ2v) is 6.50. The Morgan fingerprint density at radius 2 is 1.88 bits per heavy atom. The van der Waals surface area contributed by atoms with E-state index in [0.29, 0.717) is 0 Å². The molecule has 0 aliphatic heterocycles. The van der Waals surface area contributed by atoms with Crippen molar-refractivity contribution < 1.29 is 18.9 Å². The van der Waals surface area contributed by atoms with Crippen molar-refractivity contribution in [1.82, 2.24) is 0 Å². The fourth-order valence-electron chi connectivity index (χ4n) is 2.56. The number of carbonyl (C=O) groups is 1. The predicted octanol–water partition coefficient (Wildman–Crippen LogP) is 3.32. The lowest BCUT2D eigenvalue weighted by molar-refractivity contribution is -0.675. The first-order valence-electron chi connectivity index (χ1n) is 7.80. The SMILES string of the molecule is O=C(C[NH2+][C@@H](c1ccccc1)c1cccs1)Nc1ccc(F)cc1F. The number of hydrogen-bond donors (Lipinski definition) is 2. The van der Waals surface area contributed by atoms with Crippen LogP contribution in [0, 0.1) is 11.6 Å². The third-order valence-electron chi connectivity index (χ3n) is 3.75. The van der Waals surface area contributed by atoms with Gasteiger partial charge >= 0.3 is 0 Å². The maximum Gasteiger partial charge on any atom is 0.279 e. The van der Waals surface area contributed by atoms with Crippen molar-refractivity contribution in [2.24, 2.45) is 0 Å². The van der Waals surface area contributed by atoms with Crippen LogP contribution in [0.2, 0.25) is 0 Å². The van der Waals surface area contributed by atoms with Gasteiger partial charge in [0, 0.05) is 11.6 Å². The molecule has 0 spiro atoms. The van der Waals surface area contributed by atoms with Crippen molar-refractivity contribution in [2.45, 2.75) is 6.04 Å². The van der Waals surface area contributed by atoms with Gasteiger partial charge in [-0.05, 0) is 23.6 Å². The number of halogens is 2. The normalized spacial score (nSPS) is 11.9. The van der Waals surface area contributed by atoms with Crippen molar-refractivity contribution in [3.8, 4) is 0 Å². The van der Waals surface area contributed by atoms with E-state index in [1.807, 2.05) is 53.2 Å². The lowest BCUT2D eigenvalue weighted by Gasteiger charge is -2.15. The Morgan fingerprint density at radius 3 is 2.56 bits per heavy atom. The topological polar surface area (TPSA) is 45.7 Å². The first-order valence-corrected chi connectivity index (χ1v) is 8.68. The van der Waals surface area contributed by atoms with Gasteiger partial charge in [0.2, 0.25) is 0 Å². The van der Waals surface area contributed by atoms with Crippen LogP contribution in [0.3, 0.4) is 0 Å². The molecule has 0 saturated heterocycles. The van der Waals surface area contributed by atoms with Gasteiger partial charge in [-0.25, -0.2) is 8.78 Å². The molecule has 6 heteroatoms. The number of nitrogens with one attached hydrogen (secondary N) is 1. The summed E-state index contributed by atoms with van der Waals surface area (Å²) in [5.41, 5.74) is 1.07. The third kappa shape index (κ3) is 4.49. The highest BCUT2D eigenvalue weighted by Crippen LogP contribution is 2.22. The molecule has 0 radical (unpaired) electrons. The van der Waals surface area contributed by atoms with Gasteiger partial charge in [-0.2, -0.15) is 0 Å². The van der Waals surface area contributed by atoms with E-state index in [0.717, 1.165) is 22.6 Å². The molecule has 0 saturated carbocycles. The zero-order valence-corrected chi connectivity index (χ0v) is 14.1. The molecule has 3 nitrogen and oxygen atoms in total. The summed E-state index contributed by atoms with van der Waals surface area (Å²) in [6, 6.07) is 16.9. The number of carbonyl (C=O) groups excluding carboxylic acids is 1. The molecule has 1 amide bonds. The minimum absolute atomic E-state index is 0.00925. The molecule has 0 fully saturated rings. The number of thiophene rings is 1. The Morgan fingerprint density at radius 1 is 1.08 bits per heavy atom. The maximum atomic E-state index is 13.6. The van der Waals surface area contributed by atoms with Crippen LogP contribution in [-0.4, -0.2) is 12.5 Å². The van der Waals surface area contributed by atoms with Crippen LogP contribution in [0.1, 0.15) is 16.5 Å². The molecule has 3 rings (SSSR count). The first-order chi connectivity index (χ1) is 12.1. The molecule has 1 atom stereocenters. The number of amides is 1. The van der Waals surface area contributed by atoms with E-state index in [1.165, 1.54) is 6.07 Å². The minimum atomic E-state index is -0.786. The summed E-state index contributed by atoms with van der Waals surface area (Å²) in [4.78, 5) is 13.3. The van der Waals surface area contributed by atoms with Crippen molar-refractivity contribution in [1.29, 1.82) is 0 Å². The minimum Gasteiger partial charge on any atom is -0.328 e. The second-order valence-electron chi connectivity index (χ2n) is 5.52. The highest BCUT2D eigenvalue weighted by atomic mass is 32.1. The summed E-state index contributed by atoms with van der Waals surface area (Å²) in [6.45, 7) is 0.119. The van der Waals surface area contributed by atoms with Gasteiger partial charge in [-0.15, -0.1) is 11.3 Å². The molecule has 1 aromatic heterocycles. The molecule has 128 valence electrons. The molecule has 2 aromatic carbocycles. The highest BCUT2D eigenvalue weighted by Gasteiger charge is 2.20. The fraction of sp³-hybridized carbons (Fsp3) is 0.105. The first kappa shape index (κ1) is 17.3. The molecular weight excluding hydrogens is 342 g/mol. The van der Waals surface area contributed by atoms with Gasteiger partial charge in [-0.1, -0.05) is 36.4 Å². The summed E-state index contributed by atoms with van der Waals surface area (Å²) >= 11 is 1.62. The summed E-state index contributed by atoms with van der Waals surface area (Å²) in [6.07, 6.45) is 0. The standard InChI is InChI=1S/C19H16F2N2OS/c20-14-8-9-16(15(21)11-14)23-18(24)12-22-19(17-7-4-10-25-17)13-5-2-1-3-6-13/h1-11,19,22H,12H2,(H,23,24)/p+1/t19-/m0/s1. The largest absolute Gasteiger partial charge is 0.328 e. The van der Waals surface area contributed by atoms with Crippen molar-refractivity contribution in [2.75, 3.05) is 11.9 Å². The second kappa shape index (κ2) is 8.00. The van der Waals surface area contributed by atoms with Gasteiger partial charge in [0.05, 0.1) is 10.6 Å². The molecule has 3 aromatic rings. The van der Waals surface area contributed by atoms with Gasteiger partial charge in [-0.3, -0.25) is 4.79 Å². The monoisotopic (exact) mass is 359 g/mol. The molecule has 0 aliphatic rings. The zero-order chi connectivity index (χ0) is 17.6. The third-order valence-corrected chi connectivity index (χ3v) is 4.71. The average Bonchev–Trinajstić information content (AvgIpc) is 3.13. The smallest absolute Gasteiger partial charge is 0.279 e. The quantitative estimate of drug-likeness (QED) is 0.697. The number of benzene rings is 2. The van der Waals surface area contributed by atoms with E-state index in [2.05, 4.69) is 5.32 Å². The van der Waals surface area contributed by atoms with Crippen molar-refractivity contribution >= 4 is 22.9 Å². The maximum absolute atomic E-state index is 13.6.